The molecule has 2 aliphatic rings. The van der Waals surface area contributed by atoms with Gasteiger partial charge in [-0.2, -0.15) is 0 Å². The number of carbonyl (C=O) groups is 2. The molecule has 0 unspecified atom stereocenters. The second-order valence-corrected chi connectivity index (χ2v) is 9.63. The zero-order valence-electron chi connectivity index (χ0n) is 20.9. The molecule has 36 heavy (non-hydrogen) atoms. The Morgan fingerprint density at radius 2 is 1.86 bits per heavy atom. The predicted octanol–water partition coefficient (Wildman–Crippen LogP) is 3.37. The summed E-state index contributed by atoms with van der Waals surface area (Å²) in [6, 6.07) is 12.0. The lowest BCUT2D eigenvalue weighted by molar-refractivity contribution is -0.142. The highest BCUT2D eigenvalue weighted by atomic mass is 35.5. The van der Waals surface area contributed by atoms with Crippen LogP contribution in [0.2, 0.25) is 5.02 Å². The smallest absolute Gasteiger partial charge is 0.321 e. The van der Waals surface area contributed by atoms with Crippen LogP contribution in [-0.4, -0.2) is 69.4 Å². The van der Waals surface area contributed by atoms with E-state index in [2.05, 4.69) is 21.9 Å². The summed E-state index contributed by atoms with van der Waals surface area (Å²) in [5.74, 6) is 0.0965. The van der Waals surface area contributed by atoms with E-state index < -0.39 is 5.97 Å². The molecule has 4 rings (SSSR count). The lowest BCUT2D eigenvalue weighted by Crippen LogP contribution is -2.46. The van der Waals surface area contributed by atoms with Gasteiger partial charge in [-0.25, -0.2) is 0 Å². The number of nitrogens with zero attached hydrogens (tertiary/aromatic N) is 3. The molecule has 2 aromatic carbocycles. The van der Waals surface area contributed by atoms with Crippen LogP contribution in [0.3, 0.4) is 0 Å². The molecule has 1 fully saturated rings. The minimum atomic E-state index is -0.539. The number of hydrogen-bond donors (Lipinski definition) is 1. The van der Waals surface area contributed by atoms with Gasteiger partial charge in [-0.05, 0) is 56.0 Å². The zero-order chi connectivity index (χ0) is 25.5. The molecular formula is C27H35ClN4O4. The number of nitrogens with two attached hydrogens (primary N) is 1. The number of fused-ring (bicyclic) bond motifs is 1. The highest BCUT2D eigenvalue weighted by molar-refractivity contribution is 6.34. The molecule has 0 radical (unpaired) electrons. The van der Waals surface area contributed by atoms with Crippen LogP contribution < -0.4 is 20.3 Å². The number of amides is 1. The van der Waals surface area contributed by atoms with Gasteiger partial charge >= 0.3 is 5.97 Å². The molecule has 1 saturated heterocycles. The molecule has 8 nitrogen and oxygen atoms in total. The van der Waals surface area contributed by atoms with Crippen molar-refractivity contribution in [3.63, 3.8) is 0 Å². The maximum atomic E-state index is 12.4. The minimum Gasteiger partial charge on any atom is -0.494 e. The number of esters is 1. The quantitative estimate of drug-likeness (QED) is 0.384. The lowest BCUT2D eigenvalue weighted by atomic mass is 10.0. The molecule has 2 N–H and O–H groups in total. The fourth-order valence-electron chi connectivity index (χ4n) is 4.66. The normalized spacial score (nSPS) is 16.1. The maximum absolute atomic E-state index is 12.4. The van der Waals surface area contributed by atoms with Crippen LogP contribution in [0, 0.1) is 6.92 Å². The minimum absolute atomic E-state index is 0.0748. The number of carbonyl (C=O) groups excluding carboxylic acids is 2. The summed E-state index contributed by atoms with van der Waals surface area (Å²) in [6.07, 6.45) is 3.05. The molecule has 194 valence electrons. The van der Waals surface area contributed by atoms with Gasteiger partial charge in [0.2, 0.25) is 5.91 Å². The van der Waals surface area contributed by atoms with Crippen molar-refractivity contribution in [1.82, 2.24) is 4.90 Å². The van der Waals surface area contributed by atoms with Crippen molar-refractivity contribution < 1.29 is 19.1 Å². The summed E-state index contributed by atoms with van der Waals surface area (Å²) in [5.41, 5.74) is 9.32. The lowest BCUT2D eigenvalue weighted by Gasteiger charge is -2.36. The Labute approximate surface area is 217 Å². The molecular weight excluding hydrogens is 480 g/mol. The molecule has 1 amide bonds. The topological polar surface area (TPSA) is 88.3 Å². The molecule has 9 heteroatoms. The highest BCUT2D eigenvalue weighted by Gasteiger charge is 2.25. The van der Waals surface area contributed by atoms with Gasteiger partial charge in [0.05, 0.1) is 29.5 Å². The number of ether oxygens (including phenoxy) is 2. The van der Waals surface area contributed by atoms with Gasteiger partial charge in [-0.1, -0.05) is 29.8 Å². The third-order valence-corrected chi connectivity index (χ3v) is 7.29. The van der Waals surface area contributed by atoms with Crippen LogP contribution in [0.5, 0.6) is 5.75 Å². The number of benzene rings is 2. The van der Waals surface area contributed by atoms with Crippen LogP contribution in [0.15, 0.2) is 36.4 Å². The number of aryl methyl sites for hydroxylation is 2. The van der Waals surface area contributed by atoms with Crippen LogP contribution >= 0.6 is 11.6 Å². The summed E-state index contributed by atoms with van der Waals surface area (Å²) in [5, 5.41) is 0.856. The molecule has 2 aliphatic heterocycles. The van der Waals surface area contributed by atoms with Gasteiger partial charge in [0.1, 0.15) is 5.75 Å². The van der Waals surface area contributed by atoms with Gasteiger partial charge < -0.3 is 20.1 Å². The number of halogens is 1. The maximum Gasteiger partial charge on any atom is 0.321 e. The number of rotatable bonds is 10. The first kappa shape index (κ1) is 26.3. The molecule has 0 atom stereocenters. The zero-order valence-corrected chi connectivity index (χ0v) is 21.6. The SMILES string of the molecule is Cc1cccc(N2CCN(CCCCOc3ccc4c(c3)N(COC(=O)CN)C(=O)CC4)CC2)c1Cl. The summed E-state index contributed by atoms with van der Waals surface area (Å²) < 4.78 is 11.1. The molecule has 2 heterocycles. The highest BCUT2D eigenvalue weighted by Crippen LogP contribution is 2.32. The van der Waals surface area contributed by atoms with E-state index >= 15 is 0 Å². The van der Waals surface area contributed by atoms with Crippen LogP contribution in [0.25, 0.3) is 0 Å². The van der Waals surface area contributed by atoms with E-state index in [4.69, 9.17) is 26.8 Å². The van der Waals surface area contributed by atoms with E-state index in [0.717, 1.165) is 73.1 Å². The van der Waals surface area contributed by atoms with E-state index in [9.17, 15) is 9.59 Å². The third kappa shape index (κ3) is 6.49. The van der Waals surface area contributed by atoms with Crippen molar-refractivity contribution in [3.8, 4) is 5.75 Å². The van der Waals surface area contributed by atoms with Crippen molar-refractivity contribution >= 4 is 34.9 Å². The molecule has 0 aromatic heterocycles. The Bertz CT molecular complexity index is 1070. The Hall–Kier alpha value is -2.81. The average Bonchev–Trinajstić information content (AvgIpc) is 2.89. The van der Waals surface area contributed by atoms with Crippen molar-refractivity contribution in [2.24, 2.45) is 5.73 Å². The first-order valence-corrected chi connectivity index (χ1v) is 13.0. The Morgan fingerprint density at radius 3 is 2.64 bits per heavy atom. The monoisotopic (exact) mass is 514 g/mol. The van der Waals surface area contributed by atoms with E-state index in [-0.39, 0.29) is 19.2 Å². The van der Waals surface area contributed by atoms with Gasteiger partial charge in [0.25, 0.3) is 0 Å². The molecule has 2 aromatic rings. The largest absolute Gasteiger partial charge is 0.494 e. The molecule has 0 bridgehead atoms. The summed E-state index contributed by atoms with van der Waals surface area (Å²) in [4.78, 5) is 30.2. The summed E-state index contributed by atoms with van der Waals surface area (Å²) >= 11 is 6.51. The molecule has 0 aliphatic carbocycles. The number of hydrogen-bond acceptors (Lipinski definition) is 7. The van der Waals surface area contributed by atoms with Crippen LogP contribution in [-0.2, 0) is 20.7 Å². The van der Waals surface area contributed by atoms with E-state index in [1.54, 1.807) is 0 Å². The number of piperazine rings is 1. The van der Waals surface area contributed by atoms with Gasteiger partial charge in [0, 0.05) is 38.7 Å². The Kier molecular flexibility index (Phi) is 9.07. The van der Waals surface area contributed by atoms with E-state index in [1.807, 2.05) is 31.2 Å². The number of anilines is 2. The van der Waals surface area contributed by atoms with Crippen molar-refractivity contribution in [2.45, 2.75) is 32.6 Å². The predicted molar refractivity (Wildman–Crippen MR) is 142 cm³/mol. The van der Waals surface area contributed by atoms with Crippen molar-refractivity contribution in [1.29, 1.82) is 0 Å². The fraction of sp³-hybridized carbons (Fsp3) is 0.481. The Balaban J connectivity index is 1.20. The van der Waals surface area contributed by atoms with Gasteiger partial charge in [-0.3, -0.25) is 19.4 Å². The number of unbranched alkanes of at least 4 members (excludes halogenated alkanes) is 1. The van der Waals surface area contributed by atoms with Crippen LogP contribution in [0.4, 0.5) is 11.4 Å². The molecule has 0 saturated carbocycles. The van der Waals surface area contributed by atoms with Crippen LogP contribution in [0.1, 0.15) is 30.4 Å². The van der Waals surface area contributed by atoms with Crippen molar-refractivity contribution in [3.05, 3.63) is 52.5 Å². The average molecular weight is 515 g/mol. The fourth-order valence-corrected chi connectivity index (χ4v) is 4.91. The first-order chi connectivity index (χ1) is 17.5. The van der Waals surface area contributed by atoms with E-state index in [0.29, 0.717) is 25.2 Å². The van der Waals surface area contributed by atoms with Crippen molar-refractivity contribution in [2.75, 3.05) is 62.4 Å². The first-order valence-electron chi connectivity index (χ1n) is 12.6. The second-order valence-electron chi connectivity index (χ2n) is 9.25. The summed E-state index contributed by atoms with van der Waals surface area (Å²) in [6.45, 7) is 7.34. The summed E-state index contributed by atoms with van der Waals surface area (Å²) in [7, 11) is 0. The second kappa shape index (κ2) is 12.4. The third-order valence-electron chi connectivity index (χ3n) is 6.80. The van der Waals surface area contributed by atoms with Gasteiger partial charge in [-0.15, -0.1) is 0 Å². The van der Waals surface area contributed by atoms with Gasteiger partial charge in [0.15, 0.2) is 6.73 Å². The Morgan fingerprint density at radius 1 is 1.06 bits per heavy atom. The standard InChI is InChI=1S/C27H35ClN4O4/c1-20-5-4-6-23(27(20)28)31-14-12-30(13-15-31)11-2-3-16-35-22-9-7-21-8-10-25(33)32(24(21)17-22)19-36-26(34)18-29/h4-7,9,17H,2-3,8,10-16,18-19,29H2,1H3. The molecule has 0 spiro atoms. The van der Waals surface area contributed by atoms with E-state index in [1.165, 1.54) is 4.90 Å².